The lowest BCUT2D eigenvalue weighted by atomic mass is 10.2. The van der Waals surface area contributed by atoms with Crippen molar-refractivity contribution in [2.45, 2.75) is 4.90 Å². The molecule has 0 fully saturated rings. The largest absolute Gasteiger partial charge is 0.506 e. The average molecular weight is 358 g/mol. The van der Waals surface area contributed by atoms with E-state index >= 15 is 0 Å². The third-order valence-corrected chi connectivity index (χ3v) is 4.01. The number of nitrogens with two attached hydrogens (primary N) is 1. The number of carbonyl (C=O) groups excluding carboxylic acids is 1. The van der Waals surface area contributed by atoms with Gasteiger partial charge >= 0.3 is 0 Å². The number of sulfonamides is 1. The molecule has 0 saturated carbocycles. The number of para-hydroxylation sites is 2. The summed E-state index contributed by atoms with van der Waals surface area (Å²) in [6, 6.07) is 13.3. The van der Waals surface area contributed by atoms with E-state index in [1.807, 2.05) is 0 Å². The van der Waals surface area contributed by atoms with E-state index in [0.717, 1.165) is 0 Å². The molecule has 0 atom stereocenters. The summed E-state index contributed by atoms with van der Waals surface area (Å²) < 4.78 is 22.4. The van der Waals surface area contributed by atoms with Crippen molar-refractivity contribution in [1.29, 1.82) is 5.26 Å². The molecule has 0 unspecified atom stereocenters. The highest BCUT2D eigenvalue weighted by atomic mass is 32.2. The van der Waals surface area contributed by atoms with Gasteiger partial charge in [-0.1, -0.05) is 12.1 Å². The molecule has 8 nitrogen and oxygen atoms in total. The van der Waals surface area contributed by atoms with Gasteiger partial charge in [0.15, 0.2) is 0 Å². The molecule has 0 aliphatic rings. The zero-order valence-corrected chi connectivity index (χ0v) is 13.6. The number of hydrogen-bond acceptors (Lipinski definition) is 6. The number of amides is 1. The third-order valence-electron chi connectivity index (χ3n) is 3.08. The summed E-state index contributed by atoms with van der Waals surface area (Å²) >= 11 is 0. The van der Waals surface area contributed by atoms with Crippen molar-refractivity contribution >= 4 is 27.3 Å². The fourth-order valence-corrected chi connectivity index (χ4v) is 2.33. The second-order valence-electron chi connectivity index (χ2n) is 4.85. The maximum Gasteiger partial charge on any atom is 0.267 e. The number of phenolic OH excluding ortho intramolecular Hbond substituents is 1. The maximum atomic E-state index is 12.1. The van der Waals surface area contributed by atoms with Crippen LogP contribution >= 0.6 is 0 Å². The summed E-state index contributed by atoms with van der Waals surface area (Å²) in [6.45, 7) is 0. The molecule has 0 bridgehead atoms. The zero-order valence-electron chi connectivity index (χ0n) is 12.8. The lowest BCUT2D eigenvalue weighted by Crippen LogP contribution is -2.14. The number of rotatable bonds is 5. The predicted molar refractivity (Wildman–Crippen MR) is 91.9 cm³/mol. The second kappa shape index (κ2) is 7.48. The van der Waals surface area contributed by atoms with Gasteiger partial charge in [-0.15, -0.1) is 0 Å². The molecule has 128 valence electrons. The highest BCUT2D eigenvalue weighted by Gasteiger charge is 2.11. The van der Waals surface area contributed by atoms with Crippen LogP contribution in [0, 0.1) is 11.3 Å². The van der Waals surface area contributed by atoms with Gasteiger partial charge in [0.1, 0.15) is 17.4 Å². The van der Waals surface area contributed by atoms with Crippen LogP contribution in [-0.4, -0.2) is 19.4 Å². The van der Waals surface area contributed by atoms with Gasteiger partial charge in [-0.3, -0.25) is 4.79 Å². The van der Waals surface area contributed by atoms with Crippen LogP contribution in [0.2, 0.25) is 0 Å². The van der Waals surface area contributed by atoms with Crippen molar-refractivity contribution in [3.63, 3.8) is 0 Å². The van der Waals surface area contributed by atoms with Crippen molar-refractivity contribution in [3.05, 3.63) is 60.3 Å². The molecule has 0 aliphatic heterocycles. The Balaban J connectivity index is 2.11. The molecule has 25 heavy (non-hydrogen) atoms. The van der Waals surface area contributed by atoms with E-state index < -0.39 is 15.9 Å². The van der Waals surface area contributed by atoms with Crippen LogP contribution in [0.5, 0.6) is 5.75 Å². The molecule has 2 rings (SSSR count). The molecule has 0 radical (unpaired) electrons. The number of aromatic hydroxyl groups is 1. The normalized spacial score (nSPS) is 11.4. The molecule has 5 N–H and O–H groups in total. The van der Waals surface area contributed by atoms with E-state index in [-0.39, 0.29) is 21.9 Å². The Morgan fingerprint density at radius 3 is 2.36 bits per heavy atom. The molecular weight excluding hydrogens is 344 g/mol. The van der Waals surface area contributed by atoms with Crippen molar-refractivity contribution in [3.8, 4) is 11.8 Å². The number of carbonyl (C=O) groups is 1. The number of nitrogens with zero attached hydrogens (tertiary/aromatic N) is 1. The average Bonchev–Trinajstić information content (AvgIpc) is 2.57. The van der Waals surface area contributed by atoms with Crippen LogP contribution < -0.4 is 15.8 Å². The van der Waals surface area contributed by atoms with Crippen LogP contribution in [0.15, 0.2) is 65.2 Å². The summed E-state index contributed by atoms with van der Waals surface area (Å²) in [5, 5.41) is 28.8. The van der Waals surface area contributed by atoms with Gasteiger partial charge in [-0.2, -0.15) is 5.26 Å². The molecule has 2 aromatic carbocycles. The third kappa shape index (κ3) is 4.81. The molecular formula is C16H14N4O4S. The van der Waals surface area contributed by atoms with Gasteiger partial charge in [-0.25, -0.2) is 13.6 Å². The van der Waals surface area contributed by atoms with Crippen LogP contribution in [0.25, 0.3) is 0 Å². The number of hydrogen-bond donors (Lipinski definition) is 4. The number of anilines is 2. The van der Waals surface area contributed by atoms with Gasteiger partial charge in [0.2, 0.25) is 10.0 Å². The molecule has 0 saturated heterocycles. The minimum absolute atomic E-state index is 0.0557. The lowest BCUT2D eigenvalue weighted by molar-refractivity contribution is -0.112. The summed E-state index contributed by atoms with van der Waals surface area (Å²) in [4.78, 5) is 12.0. The molecule has 2 aromatic rings. The number of benzene rings is 2. The Hall–Kier alpha value is -3.35. The Morgan fingerprint density at radius 1 is 1.16 bits per heavy atom. The highest BCUT2D eigenvalue weighted by molar-refractivity contribution is 7.89. The smallest absolute Gasteiger partial charge is 0.267 e. The standard InChI is InChI=1S/C16H14N4O4S/c17-9-11(16(22)20-14-3-1-2-4-15(14)21)10-19-12-5-7-13(8-6-12)25(18,23)24/h1-8,10,19,21H,(H,20,22)(H2,18,23,24)/b11-10-. The summed E-state index contributed by atoms with van der Waals surface area (Å²) in [6.07, 6.45) is 1.17. The fraction of sp³-hybridized carbons (Fsp3) is 0. The first-order chi connectivity index (χ1) is 11.8. The van der Waals surface area contributed by atoms with Gasteiger partial charge in [0.05, 0.1) is 10.6 Å². The summed E-state index contributed by atoms with van der Waals surface area (Å²) in [7, 11) is -3.79. The minimum atomic E-state index is -3.79. The van der Waals surface area contributed by atoms with Crippen LogP contribution in [0.3, 0.4) is 0 Å². The Labute approximate surface area is 144 Å². The number of nitrogens with one attached hydrogen (secondary N) is 2. The van der Waals surface area contributed by atoms with Gasteiger partial charge in [0, 0.05) is 11.9 Å². The van der Waals surface area contributed by atoms with Crippen LogP contribution in [-0.2, 0) is 14.8 Å². The van der Waals surface area contributed by atoms with Crippen LogP contribution in [0.4, 0.5) is 11.4 Å². The molecule has 9 heteroatoms. The predicted octanol–water partition coefficient (Wildman–Crippen LogP) is 1.50. The first-order valence-corrected chi connectivity index (χ1v) is 8.45. The van der Waals surface area contributed by atoms with Crippen molar-refractivity contribution in [2.24, 2.45) is 5.14 Å². The molecule has 0 aromatic heterocycles. The SMILES string of the molecule is N#C/C(=C/Nc1ccc(S(N)(=O)=O)cc1)C(=O)Nc1ccccc1O. The van der Waals surface area contributed by atoms with E-state index in [1.54, 1.807) is 18.2 Å². The molecule has 0 heterocycles. The molecule has 1 amide bonds. The topological polar surface area (TPSA) is 145 Å². The van der Waals surface area contributed by atoms with Gasteiger partial charge in [0.25, 0.3) is 5.91 Å². The van der Waals surface area contributed by atoms with Gasteiger partial charge < -0.3 is 15.7 Å². The summed E-state index contributed by atoms with van der Waals surface area (Å²) in [5.74, 6) is -0.836. The van der Waals surface area contributed by atoms with Crippen molar-refractivity contribution in [1.82, 2.24) is 0 Å². The van der Waals surface area contributed by atoms with Gasteiger partial charge in [-0.05, 0) is 36.4 Å². The highest BCUT2D eigenvalue weighted by Crippen LogP contribution is 2.22. The number of nitriles is 1. The monoisotopic (exact) mass is 358 g/mol. The van der Waals surface area contributed by atoms with E-state index in [0.29, 0.717) is 5.69 Å². The van der Waals surface area contributed by atoms with Crippen LogP contribution in [0.1, 0.15) is 0 Å². The quantitative estimate of drug-likeness (QED) is 0.362. The zero-order chi connectivity index (χ0) is 18.4. The van der Waals surface area contributed by atoms with Crippen molar-refractivity contribution < 1.29 is 18.3 Å². The number of phenols is 1. The Morgan fingerprint density at radius 2 is 1.80 bits per heavy atom. The summed E-state index contributed by atoms with van der Waals surface area (Å²) in [5.41, 5.74) is 0.389. The lowest BCUT2D eigenvalue weighted by Gasteiger charge is -2.07. The minimum Gasteiger partial charge on any atom is -0.506 e. The molecule has 0 aliphatic carbocycles. The van der Waals surface area contributed by atoms with E-state index in [2.05, 4.69) is 10.6 Å². The van der Waals surface area contributed by atoms with E-state index in [4.69, 9.17) is 10.4 Å². The number of primary sulfonamides is 1. The van der Waals surface area contributed by atoms with Crippen molar-refractivity contribution in [2.75, 3.05) is 10.6 Å². The Bertz CT molecular complexity index is 960. The first-order valence-electron chi connectivity index (χ1n) is 6.90. The fourth-order valence-electron chi connectivity index (χ4n) is 1.81. The Kier molecular flexibility index (Phi) is 5.38. The van der Waals surface area contributed by atoms with E-state index in [9.17, 15) is 18.3 Å². The maximum absolute atomic E-state index is 12.1. The van der Waals surface area contributed by atoms with E-state index in [1.165, 1.54) is 42.6 Å². The molecule has 0 spiro atoms. The second-order valence-corrected chi connectivity index (χ2v) is 6.42. The first kappa shape index (κ1) is 18.0.